The number of amides is 2. The molecule has 31 heavy (non-hydrogen) atoms. The van der Waals surface area contributed by atoms with Crippen molar-refractivity contribution in [3.8, 4) is 0 Å². The lowest BCUT2D eigenvalue weighted by molar-refractivity contribution is -0.114. The van der Waals surface area contributed by atoms with E-state index >= 15 is 0 Å². The highest BCUT2D eigenvalue weighted by Gasteiger charge is 2.27. The Morgan fingerprint density at radius 3 is 2.19 bits per heavy atom. The summed E-state index contributed by atoms with van der Waals surface area (Å²) in [6.07, 6.45) is 0. The minimum absolute atomic E-state index is 0.0206. The molecular weight excluding hydrogens is 421 g/mol. The summed E-state index contributed by atoms with van der Waals surface area (Å²) in [7, 11) is -4.14. The summed E-state index contributed by atoms with van der Waals surface area (Å²) in [6, 6.07) is 17.0. The molecule has 7 nitrogen and oxygen atoms in total. The van der Waals surface area contributed by atoms with Crippen LogP contribution in [-0.4, -0.2) is 26.8 Å². The van der Waals surface area contributed by atoms with Gasteiger partial charge in [0.25, 0.3) is 15.9 Å². The number of sulfonamides is 1. The minimum atomic E-state index is -4.14. The van der Waals surface area contributed by atoms with Gasteiger partial charge in [-0.3, -0.25) is 13.9 Å². The van der Waals surface area contributed by atoms with Crippen molar-refractivity contribution in [2.45, 2.75) is 11.8 Å². The van der Waals surface area contributed by atoms with Gasteiger partial charge in [0.15, 0.2) is 0 Å². The molecular formula is C22H20FN3O4S. The first-order valence-corrected chi connectivity index (χ1v) is 10.7. The van der Waals surface area contributed by atoms with Crippen LogP contribution < -0.4 is 15.4 Å². The number of nitrogens with zero attached hydrogens (tertiary/aromatic N) is 1. The average molecular weight is 441 g/mol. The Bertz CT molecular complexity index is 1210. The molecule has 0 saturated carbocycles. The van der Waals surface area contributed by atoms with Crippen molar-refractivity contribution in [2.24, 2.45) is 5.73 Å². The average Bonchev–Trinajstić information content (AvgIpc) is 2.73. The summed E-state index contributed by atoms with van der Waals surface area (Å²) in [5.41, 5.74) is 6.55. The summed E-state index contributed by atoms with van der Waals surface area (Å²) in [4.78, 5) is 24.3. The molecule has 0 spiro atoms. The van der Waals surface area contributed by atoms with E-state index in [1.54, 1.807) is 24.3 Å². The molecule has 0 atom stereocenters. The van der Waals surface area contributed by atoms with E-state index in [4.69, 9.17) is 5.73 Å². The van der Waals surface area contributed by atoms with Crippen LogP contribution in [0.5, 0.6) is 0 Å². The normalized spacial score (nSPS) is 11.0. The number of halogens is 1. The number of hydrogen-bond acceptors (Lipinski definition) is 4. The fourth-order valence-electron chi connectivity index (χ4n) is 2.89. The van der Waals surface area contributed by atoms with Crippen molar-refractivity contribution < 1.29 is 22.4 Å². The Morgan fingerprint density at radius 1 is 0.968 bits per heavy atom. The molecule has 0 aliphatic heterocycles. The van der Waals surface area contributed by atoms with Crippen LogP contribution in [0.4, 0.5) is 15.8 Å². The highest BCUT2D eigenvalue weighted by molar-refractivity contribution is 7.92. The lowest BCUT2D eigenvalue weighted by Gasteiger charge is -2.24. The molecule has 3 N–H and O–H groups in total. The Labute approximate surface area is 179 Å². The zero-order valence-electron chi connectivity index (χ0n) is 16.6. The number of carbonyl (C=O) groups is 2. The molecule has 0 unspecified atom stereocenters. The van der Waals surface area contributed by atoms with E-state index in [0.29, 0.717) is 0 Å². The van der Waals surface area contributed by atoms with Crippen molar-refractivity contribution in [3.63, 3.8) is 0 Å². The number of carbonyl (C=O) groups excluding carboxylic acids is 2. The van der Waals surface area contributed by atoms with E-state index in [-0.39, 0.29) is 21.8 Å². The fraction of sp³-hybridized carbons (Fsp3) is 0.0909. The maximum absolute atomic E-state index is 13.4. The lowest BCUT2D eigenvalue weighted by atomic mass is 10.1. The number of aryl methyl sites for hydroxylation is 1. The number of nitrogens with two attached hydrogens (primary N) is 1. The van der Waals surface area contributed by atoms with Gasteiger partial charge in [0.05, 0.1) is 21.8 Å². The van der Waals surface area contributed by atoms with Crippen molar-refractivity contribution in [1.29, 1.82) is 0 Å². The third-order valence-electron chi connectivity index (χ3n) is 4.48. The van der Waals surface area contributed by atoms with Gasteiger partial charge < -0.3 is 11.1 Å². The number of hydrogen-bond donors (Lipinski definition) is 2. The number of primary amides is 1. The summed E-state index contributed by atoms with van der Waals surface area (Å²) in [5, 5.41) is 2.52. The van der Waals surface area contributed by atoms with E-state index in [0.717, 1.165) is 22.0 Å². The third-order valence-corrected chi connectivity index (χ3v) is 6.27. The standard InChI is InChI=1S/C22H20FN3O4S/c1-15-6-12-18(13-7-15)31(29,30)26(17-10-8-16(23)9-11-17)14-21(27)25-20-5-3-2-4-19(20)22(24)28/h2-13H,14H2,1H3,(H2,24,28)(H,25,27). The van der Waals surface area contributed by atoms with Gasteiger partial charge in [-0.05, 0) is 55.5 Å². The number of anilines is 2. The number of para-hydroxylation sites is 1. The number of rotatable bonds is 7. The van der Waals surface area contributed by atoms with Gasteiger partial charge in [-0.1, -0.05) is 29.8 Å². The largest absolute Gasteiger partial charge is 0.366 e. The first kappa shape index (κ1) is 22.0. The zero-order chi connectivity index (χ0) is 22.6. The van der Waals surface area contributed by atoms with Gasteiger partial charge in [-0.15, -0.1) is 0 Å². The lowest BCUT2D eigenvalue weighted by Crippen LogP contribution is -2.38. The second-order valence-electron chi connectivity index (χ2n) is 6.76. The molecule has 0 bridgehead atoms. The Kier molecular flexibility index (Phi) is 6.36. The van der Waals surface area contributed by atoms with E-state index in [9.17, 15) is 22.4 Å². The first-order chi connectivity index (χ1) is 14.7. The van der Waals surface area contributed by atoms with Crippen molar-refractivity contribution in [1.82, 2.24) is 0 Å². The second kappa shape index (κ2) is 8.97. The zero-order valence-corrected chi connectivity index (χ0v) is 17.4. The monoisotopic (exact) mass is 441 g/mol. The molecule has 0 heterocycles. The van der Waals surface area contributed by atoms with Crippen LogP contribution in [0.3, 0.4) is 0 Å². The van der Waals surface area contributed by atoms with Crippen LogP contribution in [0, 0.1) is 12.7 Å². The van der Waals surface area contributed by atoms with E-state index < -0.39 is 34.2 Å². The molecule has 0 fully saturated rings. The quantitative estimate of drug-likeness (QED) is 0.587. The smallest absolute Gasteiger partial charge is 0.264 e. The fourth-order valence-corrected chi connectivity index (χ4v) is 4.31. The van der Waals surface area contributed by atoms with Crippen LogP contribution >= 0.6 is 0 Å². The van der Waals surface area contributed by atoms with Gasteiger partial charge in [0, 0.05) is 0 Å². The molecule has 0 aliphatic rings. The van der Waals surface area contributed by atoms with Crippen LogP contribution in [0.2, 0.25) is 0 Å². The second-order valence-corrected chi connectivity index (χ2v) is 8.62. The van der Waals surface area contributed by atoms with Crippen LogP contribution in [-0.2, 0) is 14.8 Å². The van der Waals surface area contributed by atoms with E-state index in [1.165, 1.54) is 36.4 Å². The van der Waals surface area contributed by atoms with Crippen molar-refractivity contribution in [2.75, 3.05) is 16.2 Å². The number of nitrogens with one attached hydrogen (secondary N) is 1. The van der Waals surface area contributed by atoms with Gasteiger partial charge in [-0.2, -0.15) is 0 Å². The molecule has 3 aromatic carbocycles. The van der Waals surface area contributed by atoms with Gasteiger partial charge in [0.1, 0.15) is 12.4 Å². The first-order valence-electron chi connectivity index (χ1n) is 9.22. The molecule has 0 aliphatic carbocycles. The Morgan fingerprint density at radius 2 is 1.58 bits per heavy atom. The van der Waals surface area contributed by atoms with Gasteiger partial charge in [0.2, 0.25) is 5.91 Å². The molecule has 0 radical (unpaired) electrons. The maximum Gasteiger partial charge on any atom is 0.264 e. The summed E-state index contributed by atoms with van der Waals surface area (Å²) in [6.45, 7) is 1.21. The predicted molar refractivity (Wildman–Crippen MR) is 116 cm³/mol. The molecule has 2 amide bonds. The highest BCUT2D eigenvalue weighted by atomic mass is 32.2. The molecule has 160 valence electrons. The van der Waals surface area contributed by atoms with Crippen LogP contribution in [0.25, 0.3) is 0 Å². The molecule has 3 aromatic rings. The summed E-state index contributed by atoms with van der Waals surface area (Å²) < 4.78 is 40.8. The topological polar surface area (TPSA) is 110 Å². The van der Waals surface area contributed by atoms with Gasteiger partial charge >= 0.3 is 0 Å². The minimum Gasteiger partial charge on any atom is -0.366 e. The Hall–Kier alpha value is -3.72. The number of benzene rings is 3. The molecule has 0 aromatic heterocycles. The van der Waals surface area contributed by atoms with Crippen molar-refractivity contribution in [3.05, 3.63) is 89.7 Å². The molecule has 9 heteroatoms. The van der Waals surface area contributed by atoms with Crippen LogP contribution in [0.1, 0.15) is 15.9 Å². The molecule has 0 saturated heterocycles. The summed E-state index contributed by atoms with van der Waals surface area (Å²) in [5.74, 6) is -1.98. The van der Waals surface area contributed by atoms with Gasteiger partial charge in [-0.25, -0.2) is 12.8 Å². The SMILES string of the molecule is Cc1ccc(S(=O)(=O)N(CC(=O)Nc2ccccc2C(N)=O)c2ccc(F)cc2)cc1. The van der Waals surface area contributed by atoms with E-state index in [2.05, 4.69) is 5.32 Å². The highest BCUT2D eigenvalue weighted by Crippen LogP contribution is 2.25. The predicted octanol–water partition coefficient (Wildman–Crippen LogP) is 3.07. The summed E-state index contributed by atoms with van der Waals surface area (Å²) >= 11 is 0. The van der Waals surface area contributed by atoms with E-state index in [1.807, 2.05) is 6.92 Å². The van der Waals surface area contributed by atoms with Crippen molar-refractivity contribution >= 4 is 33.2 Å². The Balaban J connectivity index is 1.96. The maximum atomic E-state index is 13.4. The molecule has 3 rings (SSSR count). The third kappa shape index (κ3) is 5.07. The van der Waals surface area contributed by atoms with Crippen LogP contribution in [0.15, 0.2) is 77.7 Å².